The van der Waals surface area contributed by atoms with E-state index in [9.17, 15) is 4.79 Å². The van der Waals surface area contributed by atoms with Crippen LogP contribution in [-0.4, -0.2) is 37.6 Å². The quantitative estimate of drug-likeness (QED) is 0.717. The van der Waals surface area contributed by atoms with Crippen molar-refractivity contribution >= 4 is 5.91 Å². The van der Waals surface area contributed by atoms with Crippen molar-refractivity contribution in [3.63, 3.8) is 0 Å². The van der Waals surface area contributed by atoms with Crippen molar-refractivity contribution in [2.24, 2.45) is 0 Å². The van der Waals surface area contributed by atoms with Gasteiger partial charge in [-0.1, -0.05) is 5.92 Å². The van der Waals surface area contributed by atoms with E-state index >= 15 is 0 Å². The Morgan fingerprint density at radius 3 is 2.82 bits per heavy atom. The van der Waals surface area contributed by atoms with E-state index in [1.807, 2.05) is 0 Å². The van der Waals surface area contributed by atoms with Crippen LogP contribution in [0.25, 0.3) is 0 Å². The second kappa shape index (κ2) is 4.79. The van der Waals surface area contributed by atoms with E-state index in [-0.39, 0.29) is 12.5 Å². The van der Waals surface area contributed by atoms with Crippen molar-refractivity contribution in [1.29, 1.82) is 0 Å². The van der Waals surface area contributed by atoms with Crippen LogP contribution in [0.15, 0.2) is 18.2 Å². The van der Waals surface area contributed by atoms with Gasteiger partial charge < -0.3 is 14.4 Å². The van der Waals surface area contributed by atoms with E-state index in [0.29, 0.717) is 30.3 Å². The Morgan fingerprint density at radius 1 is 1.41 bits per heavy atom. The van der Waals surface area contributed by atoms with E-state index in [2.05, 4.69) is 5.92 Å². The summed E-state index contributed by atoms with van der Waals surface area (Å²) in [6.07, 6.45) is 5.17. The van der Waals surface area contributed by atoms with Crippen LogP contribution in [-0.2, 0) is 0 Å². The topological polar surface area (TPSA) is 38.8 Å². The Morgan fingerprint density at radius 2 is 2.12 bits per heavy atom. The van der Waals surface area contributed by atoms with Gasteiger partial charge in [-0.05, 0) is 18.2 Å². The molecule has 88 valence electrons. The zero-order valence-corrected chi connectivity index (χ0v) is 9.60. The van der Waals surface area contributed by atoms with Crippen molar-refractivity contribution in [2.45, 2.75) is 0 Å². The molecule has 1 amide bonds. The highest BCUT2D eigenvalue weighted by molar-refractivity contribution is 5.94. The van der Waals surface area contributed by atoms with Gasteiger partial charge in [0.1, 0.15) is 13.2 Å². The molecular formula is C13H13NO3. The Kier molecular flexibility index (Phi) is 3.20. The minimum atomic E-state index is -0.125. The smallest absolute Gasteiger partial charge is 0.254 e. The maximum atomic E-state index is 12.0. The Balaban J connectivity index is 2.22. The fourth-order valence-corrected chi connectivity index (χ4v) is 1.61. The standard InChI is InChI=1S/C13H13NO3/c1-3-6-14(2)13(15)10-4-5-11-12(9-10)17-8-7-16-11/h1,4-5,9H,6-8H2,2H3. The van der Waals surface area contributed by atoms with E-state index in [1.54, 1.807) is 25.2 Å². The van der Waals surface area contributed by atoms with Crippen LogP contribution >= 0.6 is 0 Å². The summed E-state index contributed by atoms with van der Waals surface area (Å²) in [7, 11) is 1.67. The summed E-state index contributed by atoms with van der Waals surface area (Å²) in [5.41, 5.74) is 0.548. The summed E-state index contributed by atoms with van der Waals surface area (Å²) in [6, 6.07) is 5.14. The molecule has 0 bridgehead atoms. The molecular weight excluding hydrogens is 218 g/mol. The number of ether oxygens (including phenoxy) is 2. The second-order valence-corrected chi connectivity index (χ2v) is 3.72. The number of carbonyl (C=O) groups is 1. The fraction of sp³-hybridized carbons (Fsp3) is 0.308. The lowest BCUT2D eigenvalue weighted by atomic mass is 10.1. The highest BCUT2D eigenvalue weighted by atomic mass is 16.6. The zero-order chi connectivity index (χ0) is 12.3. The first-order valence-corrected chi connectivity index (χ1v) is 5.31. The predicted octanol–water partition coefficient (Wildman–Crippen LogP) is 1.16. The first-order chi connectivity index (χ1) is 8.22. The molecule has 4 heteroatoms. The van der Waals surface area contributed by atoms with Gasteiger partial charge in [-0.3, -0.25) is 4.79 Å². The first-order valence-electron chi connectivity index (χ1n) is 5.31. The largest absolute Gasteiger partial charge is 0.486 e. The number of amides is 1. The number of hydrogen-bond acceptors (Lipinski definition) is 3. The van der Waals surface area contributed by atoms with Gasteiger partial charge in [-0.15, -0.1) is 6.42 Å². The van der Waals surface area contributed by atoms with E-state index in [4.69, 9.17) is 15.9 Å². The van der Waals surface area contributed by atoms with Gasteiger partial charge in [0.2, 0.25) is 0 Å². The van der Waals surface area contributed by atoms with Crippen molar-refractivity contribution < 1.29 is 14.3 Å². The normalized spacial score (nSPS) is 12.7. The molecule has 1 aromatic rings. The van der Waals surface area contributed by atoms with Crippen molar-refractivity contribution in [3.05, 3.63) is 23.8 Å². The molecule has 1 heterocycles. The van der Waals surface area contributed by atoms with Crippen molar-refractivity contribution in [2.75, 3.05) is 26.8 Å². The molecule has 1 aromatic carbocycles. The van der Waals surface area contributed by atoms with Crippen molar-refractivity contribution in [3.8, 4) is 23.8 Å². The molecule has 0 radical (unpaired) electrons. The predicted molar refractivity (Wildman–Crippen MR) is 63.2 cm³/mol. The summed E-state index contributed by atoms with van der Waals surface area (Å²) >= 11 is 0. The molecule has 0 N–H and O–H groups in total. The zero-order valence-electron chi connectivity index (χ0n) is 9.60. The van der Waals surface area contributed by atoms with Gasteiger partial charge in [0, 0.05) is 12.6 Å². The first kappa shape index (κ1) is 11.3. The van der Waals surface area contributed by atoms with Gasteiger partial charge in [-0.25, -0.2) is 0 Å². The third-order valence-electron chi connectivity index (χ3n) is 2.46. The lowest BCUT2D eigenvalue weighted by Crippen LogP contribution is -2.27. The van der Waals surface area contributed by atoms with Crippen LogP contribution in [0.5, 0.6) is 11.5 Å². The molecule has 0 atom stereocenters. The number of rotatable bonds is 2. The molecule has 0 saturated heterocycles. The molecule has 17 heavy (non-hydrogen) atoms. The monoisotopic (exact) mass is 231 g/mol. The van der Waals surface area contributed by atoms with Crippen molar-refractivity contribution in [1.82, 2.24) is 4.90 Å². The highest BCUT2D eigenvalue weighted by Crippen LogP contribution is 2.30. The third-order valence-corrected chi connectivity index (χ3v) is 2.46. The lowest BCUT2D eigenvalue weighted by Gasteiger charge is -2.20. The summed E-state index contributed by atoms with van der Waals surface area (Å²) < 4.78 is 10.8. The molecule has 0 saturated carbocycles. The summed E-state index contributed by atoms with van der Waals surface area (Å²) in [5.74, 6) is 3.59. The minimum absolute atomic E-state index is 0.125. The van der Waals surface area contributed by atoms with Crippen LogP contribution in [0.3, 0.4) is 0 Å². The molecule has 0 aromatic heterocycles. The van der Waals surface area contributed by atoms with Crippen LogP contribution in [0.4, 0.5) is 0 Å². The Hall–Kier alpha value is -2.15. The van der Waals surface area contributed by atoms with Gasteiger partial charge >= 0.3 is 0 Å². The number of benzene rings is 1. The molecule has 0 aliphatic carbocycles. The average molecular weight is 231 g/mol. The van der Waals surface area contributed by atoms with Crippen LogP contribution in [0.2, 0.25) is 0 Å². The van der Waals surface area contributed by atoms with Gasteiger partial charge in [0.15, 0.2) is 11.5 Å². The number of fused-ring (bicyclic) bond motifs is 1. The van der Waals surface area contributed by atoms with E-state index in [0.717, 1.165) is 0 Å². The Bertz CT molecular complexity index is 476. The maximum Gasteiger partial charge on any atom is 0.254 e. The number of carbonyl (C=O) groups excluding carboxylic acids is 1. The molecule has 0 unspecified atom stereocenters. The molecule has 0 spiro atoms. The van der Waals surface area contributed by atoms with Crippen LogP contribution in [0.1, 0.15) is 10.4 Å². The SMILES string of the molecule is C#CCN(C)C(=O)c1ccc2c(c1)OCCO2. The Labute approximate surface area is 100 Å². The molecule has 0 fully saturated rings. The van der Waals surface area contributed by atoms with Gasteiger partial charge in [-0.2, -0.15) is 0 Å². The summed E-state index contributed by atoms with van der Waals surface area (Å²) in [4.78, 5) is 13.4. The van der Waals surface area contributed by atoms with Crippen LogP contribution < -0.4 is 9.47 Å². The molecule has 1 aliphatic heterocycles. The second-order valence-electron chi connectivity index (χ2n) is 3.72. The molecule has 2 rings (SSSR count). The van der Waals surface area contributed by atoms with E-state index < -0.39 is 0 Å². The highest BCUT2D eigenvalue weighted by Gasteiger charge is 2.16. The number of hydrogen-bond donors (Lipinski definition) is 0. The molecule has 4 nitrogen and oxygen atoms in total. The summed E-state index contributed by atoms with van der Waals surface area (Å²) in [5, 5.41) is 0. The molecule has 1 aliphatic rings. The minimum Gasteiger partial charge on any atom is -0.486 e. The summed E-state index contributed by atoms with van der Waals surface area (Å²) in [6.45, 7) is 1.33. The number of terminal acetylenes is 1. The lowest BCUT2D eigenvalue weighted by molar-refractivity contribution is 0.0811. The van der Waals surface area contributed by atoms with Crippen LogP contribution in [0, 0.1) is 12.3 Å². The van der Waals surface area contributed by atoms with E-state index in [1.165, 1.54) is 4.90 Å². The number of nitrogens with zero attached hydrogens (tertiary/aromatic N) is 1. The maximum absolute atomic E-state index is 12.0. The average Bonchev–Trinajstić information content (AvgIpc) is 2.37. The van der Waals surface area contributed by atoms with Gasteiger partial charge in [0.25, 0.3) is 5.91 Å². The fourth-order valence-electron chi connectivity index (χ4n) is 1.61. The third kappa shape index (κ3) is 2.34. The van der Waals surface area contributed by atoms with Gasteiger partial charge in [0.05, 0.1) is 6.54 Å².